The predicted octanol–water partition coefficient (Wildman–Crippen LogP) is 4.40. The van der Waals surface area contributed by atoms with E-state index in [-0.39, 0.29) is 17.9 Å². The summed E-state index contributed by atoms with van der Waals surface area (Å²) in [5.74, 6) is 0.706. The number of allylic oxidation sites excluding steroid dienone is 3. The largest absolute Gasteiger partial charge is 0.497 e. The maximum absolute atomic E-state index is 11.2. The maximum atomic E-state index is 11.2. The molecule has 0 spiro atoms. The van der Waals surface area contributed by atoms with Crippen LogP contribution in [0.15, 0.2) is 48.2 Å². The van der Waals surface area contributed by atoms with Crippen LogP contribution in [0.2, 0.25) is 0 Å². The normalized spacial score (nSPS) is 15.4. The Morgan fingerprint density at radius 3 is 2.40 bits per heavy atom. The van der Waals surface area contributed by atoms with Gasteiger partial charge in [-0.05, 0) is 50.3 Å². The van der Waals surface area contributed by atoms with Gasteiger partial charge in [0.15, 0.2) is 0 Å². The summed E-state index contributed by atoms with van der Waals surface area (Å²) in [5.41, 5.74) is 3.68. The van der Waals surface area contributed by atoms with Crippen LogP contribution in [0.1, 0.15) is 39.2 Å². The van der Waals surface area contributed by atoms with E-state index in [1.807, 2.05) is 37.3 Å². The first-order valence-electron chi connectivity index (χ1n) is 8.64. The lowest BCUT2D eigenvalue weighted by Gasteiger charge is -2.31. The van der Waals surface area contributed by atoms with Crippen LogP contribution in [0.5, 0.6) is 5.75 Å². The second-order valence-electron chi connectivity index (χ2n) is 7.02. The first-order valence-corrected chi connectivity index (χ1v) is 8.64. The monoisotopic (exact) mass is 345 g/mol. The summed E-state index contributed by atoms with van der Waals surface area (Å²) < 4.78 is 9.83. The number of esters is 1. The molecule has 0 heterocycles. The Balaban J connectivity index is 0.000000293. The minimum atomic E-state index is -0.211. The van der Waals surface area contributed by atoms with Gasteiger partial charge in [-0.1, -0.05) is 43.7 Å². The average Bonchev–Trinajstić information content (AvgIpc) is 2.53. The zero-order valence-electron chi connectivity index (χ0n) is 16.1. The smallest absolute Gasteiger partial charge is 0.325 e. The molecule has 138 valence electrons. The minimum absolute atomic E-state index is 0.211. The van der Waals surface area contributed by atoms with Crippen molar-refractivity contribution in [3.8, 4) is 5.75 Å². The first kappa shape index (κ1) is 20.8. The number of nitrogens with one attached hydrogen (secondary N) is 1. The number of benzene rings is 1. The fourth-order valence-electron chi connectivity index (χ4n) is 2.73. The van der Waals surface area contributed by atoms with Crippen LogP contribution in [0.25, 0.3) is 0 Å². The van der Waals surface area contributed by atoms with E-state index < -0.39 is 0 Å². The van der Waals surface area contributed by atoms with E-state index >= 15 is 0 Å². The van der Waals surface area contributed by atoms with E-state index in [2.05, 4.69) is 32.7 Å². The van der Waals surface area contributed by atoms with Gasteiger partial charge in [0.25, 0.3) is 0 Å². The molecule has 0 radical (unpaired) electrons. The zero-order chi connectivity index (χ0) is 18.9. The van der Waals surface area contributed by atoms with Gasteiger partial charge in [-0.2, -0.15) is 0 Å². The molecule has 0 saturated carbocycles. The van der Waals surface area contributed by atoms with Crippen molar-refractivity contribution in [1.82, 2.24) is 5.32 Å². The Morgan fingerprint density at radius 2 is 1.88 bits per heavy atom. The number of ether oxygens (including phenoxy) is 2. The van der Waals surface area contributed by atoms with E-state index in [0.29, 0.717) is 6.61 Å². The summed E-state index contributed by atoms with van der Waals surface area (Å²) in [7, 11) is 1.67. The van der Waals surface area contributed by atoms with Gasteiger partial charge in [-0.3, -0.25) is 4.79 Å². The van der Waals surface area contributed by atoms with E-state index in [1.165, 1.54) is 5.56 Å². The topological polar surface area (TPSA) is 47.6 Å². The molecular weight excluding hydrogens is 314 g/mol. The highest BCUT2D eigenvalue weighted by atomic mass is 16.5. The van der Waals surface area contributed by atoms with E-state index in [0.717, 1.165) is 29.9 Å². The number of carbonyl (C=O) groups is 1. The number of aryl methyl sites for hydroxylation is 1. The SMILES string of the molecule is C=C1C=C(NCC(=O)OCC)CC(C)(C)C1.COc1ccc(C)cc1. The molecule has 1 N–H and O–H groups in total. The zero-order valence-corrected chi connectivity index (χ0v) is 16.1. The van der Waals surface area contributed by atoms with Crippen molar-refractivity contribution < 1.29 is 14.3 Å². The molecule has 0 atom stereocenters. The molecule has 4 nitrogen and oxygen atoms in total. The average molecular weight is 345 g/mol. The van der Waals surface area contributed by atoms with E-state index in [4.69, 9.17) is 9.47 Å². The molecular formula is C21H31NO3. The molecule has 1 aliphatic carbocycles. The van der Waals surface area contributed by atoms with E-state index in [1.54, 1.807) is 7.11 Å². The molecule has 0 aliphatic heterocycles. The highest BCUT2D eigenvalue weighted by Gasteiger charge is 2.24. The van der Waals surface area contributed by atoms with Crippen LogP contribution in [-0.4, -0.2) is 26.2 Å². The van der Waals surface area contributed by atoms with Gasteiger partial charge in [0.1, 0.15) is 12.3 Å². The molecule has 1 aromatic carbocycles. The third kappa shape index (κ3) is 8.43. The second-order valence-corrected chi connectivity index (χ2v) is 7.02. The molecule has 0 aromatic heterocycles. The Morgan fingerprint density at radius 1 is 1.24 bits per heavy atom. The third-order valence-electron chi connectivity index (χ3n) is 3.77. The number of methoxy groups -OCH3 is 1. The number of hydrogen-bond donors (Lipinski definition) is 1. The summed E-state index contributed by atoms with van der Waals surface area (Å²) in [6.45, 7) is 12.9. The lowest BCUT2D eigenvalue weighted by Crippen LogP contribution is -2.29. The predicted molar refractivity (Wildman–Crippen MR) is 103 cm³/mol. The molecule has 1 aliphatic rings. The lowest BCUT2D eigenvalue weighted by molar-refractivity contribution is -0.141. The summed E-state index contributed by atoms with van der Waals surface area (Å²) in [6, 6.07) is 7.96. The summed E-state index contributed by atoms with van der Waals surface area (Å²) in [5, 5.41) is 3.12. The van der Waals surface area contributed by atoms with Crippen LogP contribution >= 0.6 is 0 Å². The van der Waals surface area contributed by atoms with Crippen molar-refractivity contribution in [2.24, 2.45) is 5.41 Å². The number of hydrogen-bond acceptors (Lipinski definition) is 4. The van der Waals surface area contributed by atoms with Crippen molar-refractivity contribution in [2.45, 2.75) is 40.5 Å². The molecule has 4 heteroatoms. The Kier molecular flexibility index (Phi) is 8.26. The Hall–Kier alpha value is -2.23. The van der Waals surface area contributed by atoms with Gasteiger partial charge in [0.2, 0.25) is 0 Å². The van der Waals surface area contributed by atoms with Crippen molar-refractivity contribution in [1.29, 1.82) is 0 Å². The van der Waals surface area contributed by atoms with Gasteiger partial charge in [0, 0.05) is 5.70 Å². The van der Waals surface area contributed by atoms with Gasteiger partial charge in [0.05, 0.1) is 13.7 Å². The van der Waals surface area contributed by atoms with E-state index in [9.17, 15) is 4.79 Å². The Bertz CT molecular complexity index is 600. The van der Waals surface area contributed by atoms with Crippen LogP contribution in [0.4, 0.5) is 0 Å². The highest BCUT2D eigenvalue weighted by molar-refractivity contribution is 5.71. The van der Waals surface area contributed by atoms with Gasteiger partial charge in [-0.15, -0.1) is 0 Å². The number of rotatable bonds is 5. The molecule has 1 aromatic rings. The van der Waals surface area contributed by atoms with Crippen LogP contribution in [0.3, 0.4) is 0 Å². The van der Waals surface area contributed by atoms with Crippen LogP contribution in [-0.2, 0) is 9.53 Å². The lowest BCUT2D eigenvalue weighted by atomic mass is 9.77. The standard InChI is InChI=1S/C13H21NO2.C8H10O/c1-5-16-12(15)9-14-11-6-10(2)7-13(3,4)8-11;1-7-3-5-8(9-2)6-4-7/h6,14H,2,5,7-9H2,1,3-4H3;3-6H,1-2H3. The first-order chi connectivity index (χ1) is 11.8. The van der Waals surface area contributed by atoms with Gasteiger partial charge < -0.3 is 14.8 Å². The summed E-state index contributed by atoms with van der Waals surface area (Å²) in [4.78, 5) is 11.2. The number of carbonyl (C=O) groups excluding carboxylic acids is 1. The Labute approximate surface area is 151 Å². The van der Waals surface area contributed by atoms with Crippen LogP contribution in [0, 0.1) is 12.3 Å². The highest BCUT2D eigenvalue weighted by Crippen LogP contribution is 2.36. The maximum Gasteiger partial charge on any atom is 0.325 e. The summed E-state index contributed by atoms with van der Waals surface area (Å²) >= 11 is 0. The molecule has 0 unspecified atom stereocenters. The van der Waals surface area contributed by atoms with Crippen molar-refractivity contribution in [3.63, 3.8) is 0 Å². The van der Waals surface area contributed by atoms with Crippen molar-refractivity contribution in [3.05, 3.63) is 53.8 Å². The molecule has 0 saturated heterocycles. The second kappa shape index (κ2) is 9.92. The quantitative estimate of drug-likeness (QED) is 0.804. The molecule has 0 amide bonds. The molecule has 0 bridgehead atoms. The molecule has 25 heavy (non-hydrogen) atoms. The van der Waals surface area contributed by atoms with Gasteiger partial charge in [-0.25, -0.2) is 0 Å². The molecule has 2 rings (SSSR count). The fraction of sp³-hybridized carbons (Fsp3) is 0.476. The van der Waals surface area contributed by atoms with Crippen LogP contribution < -0.4 is 10.1 Å². The molecule has 0 fully saturated rings. The van der Waals surface area contributed by atoms with Crippen molar-refractivity contribution >= 4 is 5.97 Å². The summed E-state index contributed by atoms with van der Waals surface area (Å²) in [6.07, 6.45) is 3.99. The van der Waals surface area contributed by atoms with Gasteiger partial charge >= 0.3 is 5.97 Å². The fourth-order valence-corrected chi connectivity index (χ4v) is 2.73. The third-order valence-corrected chi connectivity index (χ3v) is 3.77. The minimum Gasteiger partial charge on any atom is -0.497 e. The van der Waals surface area contributed by atoms with Crippen molar-refractivity contribution in [2.75, 3.05) is 20.3 Å².